The predicted molar refractivity (Wildman–Crippen MR) is 115 cm³/mol. The second-order valence-electron chi connectivity index (χ2n) is 6.32. The topological polar surface area (TPSA) is 85.3 Å². The lowest BCUT2D eigenvalue weighted by Crippen LogP contribution is -2.22. The van der Waals surface area contributed by atoms with Gasteiger partial charge in [0.15, 0.2) is 5.16 Å². The van der Waals surface area contributed by atoms with Crippen molar-refractivity contribution in [2.45, 2.75) is 17.5 Å². The Morgan fingerprint density at radius 3 is 2.76 bits per heavy atom. The number of phenolic OH excluding ortho intramolecular Hbond substituents is 1. The van der Waals surface area contributed by atoms with E-state index < -0.39 is 5.63 Å². The van der Waals surface area contributed by atoms with Gasteiger partial charge in [-0.2, -0.15) is 0 Å². The highest BCUT2D eigenvalue weighted by molar-refractivity contribution is 7.98. The van der Waals surface area contributed by atoms with E-state index in [1.54, 1.807) is 30.3 Å². The number of aromatic hydroxyl groups is 1. The average Bonchev–Trinajstić information content (AvgIpc) is 2.68. The first-order valence-electron chi connectivity index (χ1n) is 8.66. The van der Waals surface area contributed by atoms with Crippen LogP contribution in [-0.2, 0) is 12.3 Å². The fraction of sp³-hybridized carbons (Fsp3) is 0.0952. The summed E-state index contributed by atoms with van der Waals surface area (Å²) in [6, 6.07) is 11.0. The van der Waals surface area contributed by atoms with Crippen LogP contribution in [0.4, 0.5) is 0 Å². The Bertz CT molecular complexity index is 1380. The van der Waals surface area contributed by atoms with Crippen molar-refractivity contribution >= 4 is 45.2 Å². The standard InChI is InChI=1S/C21H15ClN2O4S/c1-2-7-24-20(27)16-5-3-13(22)9-17(16)23-21(24)29-11-12-8-19(26)28-18-10-14(25)4-6-15(12)18/h2-6,8-10,25H,1,7,11H2. The highest BCUT2D eigenvalue weighted by Gasteiger charge is 2.13. The molecule has 0 aliphatic rings. The quantitative estimate of drug-likeness (QED) is 0.221. The first-order chi connectivity index (χ1) is 14.0. The first kappa shape index (κ1) is 19.3. The van der Waals surface area contributed by atoms with Gasteiger partial charge in [0, 0.05) is 34.8 Å². The molecule has 0 aliphatic heterocycles. The molecule has 146 valence electrons. The third-order valence-corrected chi connectivity index (χ3v) is 5.62. The molecule has 0 atom stereocenters. The zero-order valence-electron chi connectivity index (χ0n) is 15.1. The molecule has 2 aromatic carbocycles. The normalized spacial score (nSPS) is 11.2. The third kappa shape index (κ3) is 3.79. The van der Waals surface area contributed by atoms with Gasteiger partial charge < -0.3 is 9.52 Å². The maximum atomic E-state index is 12.9. The molecular weight excluding hydrogens is 412 g/mol. The van der Waals surface area contributed by atoms with Crippen LogP contribution in [-0.4, -0.2) is 14.7 Å². The predicted octanol–water partition coefficient (Wildman–Crippen LogP) is 4.34. The molecule has 6 nitrogen and oxygen atoms in total. The second kappa shape index (κ2) is 7.77. The fourth-order valence-electron chi connectivity index (χ4n) is 3.05. The lowest BCUT2D eigenvalue weighted by Gasteiger charge is -2.12. The molecule has 2 aromatic heterocycles. The number of rotatable bonds is 5. The van der Waals surface area contributed by atoms with Crippen LogP contribution < -0.4 is 11.2 Å². The van der Waals surface area contributed by atoms with Gasteiger partial charge >= 0.3 is 5.63 Å². The van der Waals surface area contributed by atoms with Gasteiger partial charge in [0.25, 0.3) is 5.56 Å². The number of nitrogens with zero attached hydrogens (tertiary/aromatic N) is 2. The molecule has 1 N–H and O–H groups in total. The van der Waals surface area contributed by atoms with Crippen LogP contribution in [0.5, 0.6) is 5.75 Å². The average molecular weight is 427 g/mol. The minimum Gasteiger partial charge on any atom is -0.508 e. The Labute approximate surface area is 174 Å². The van der Waals surface area contributed by atoms with Gasteiger partial charge in [-0.1, -0.05) is 29.4 Å². The van der Waals surface area contributed by atoms with E-state index in [4.69, 9.17) is 16.0 Å². The summed E-state index contributed by atoms with van der Waals surface area (Å²) in [5.41, 5.74) is 0.825. The molecule has 0 saturated heterocycles. The van der Waals surface area contributed by atoms with Crippen molar-refractivity contribution in [2.24, 2.45) is 0 Å². The smallest absolute Gasteiger partial charge is 0.336 e. The first-order valence-corrected chi connectivity index (χ1v) is 10.0. The van der Waals surface area contributed by atoms with Gasteiger partial charge in [-0.3, -0.25) is 9.36 Å². The van der Waals surface area contributed by atoms with Gasteiger partial charge in [-0.25, -0.2) is 9.78 Å². The Hall–Kier alpha value is -3.03. The Kier molecular flexibility index (Phi) is 5.17. The number of benzene rings is 2. The number of hydrogen-bond acceptors (Lipinski definition) is 6. The summed E-state index contributed by atoms with van der Waals surface area (Å²) in [6.45, 7) is 4.02. The van der Waals surface area contributed by atoms with E-state index in [-0.39, 0.29) is 11.3 Å². The van der Waals surface area contributed by atoms with Gasteiger partial charge in [-0.15, -0.1) is 6.58 Å². The van der Waals surface area contributed by atoms with Crippen molar-refractivity contribution < 1.29 is 9.52 Å². The van der Waals surface area contributed by atoms with Crippen LogP contribution in [0.15, 0.2) is 74.3 Å². The summed E-state index contributed by atoms with van der Waals surface area (Å²) in [6.07, 6.45) is 1.63. The zero-order chi connectivity index (χ0) is 20.5. The summed E-state index contributed by atoms with van der Waals surface area (Å²) < 4.78 is 6.70. The molecule has 4 aromatic rings. The third-order valence-electron chi connectivity index (χ3n) is 4.36. The van der Waals surface area contributed by atoms with Gasteiger partial charge in [-0.05, 0) is 35.9 Å². The summed E-state index contributed by atoms with van der Waals surface area (Å²) in [5, 5.41) is 11.8. The monoisotopic (exact) mass is 426 g/mol. The SMILES string of the molecule is C=CCn1c(SCc2cc(=O)oc3cc(O)ccc23)nc2cc(Cl)ccc2c1=O. The second-order valence-corrected chi connectivity index (χ2v) is 7.70. The molecule has 8 heteroatoms. The highest BCUT2D eigenvalue weighted by atomic mass is 35.5. The van der Waals surface area contributed by atoms with Gasteiger partial charge in [0.1, 0.15) is 11.3 Å². The van der Waals surface area contributed by atoms with E-state index in [1.165, 1.54) is 34.5 Å². The molecule has 0 bridgehead atoms. The molecule has 0 unspecified atom stereocenters. The van der Waals surface area contributed by atoms with E-state index in [0.717, 1.165) is 0 Å². The Balaban J connectivity index is 1.79. The number of fused-ring (bicyclic) bond motifs is 2. The molecule has 29 heavy (non-hydrogen) atoms. The van der Waals surface area contributed by atoms with Gasteiger partial charge in [0.05, 0.1) is 10.9 Å². The molecule has 0 amide bonds. The number of phenols is 1. The maximum Gasteiger partial charge on any atom is 0.336 e. The Morgan fingerprint density at radius 1 is 1.17 bits per heavy atom. The summed E-state index contributed by atoms with van der Waals surface area (Å²) in [5.74, 6) is 0.390. The lowest BCUT2D eigenvalue weighted by molar-refractivity contribution is 0.473. The van der Waals surface area contributed by atoms with Crippen molar-refractivity contribution in [3.8, 4) is 5.75 Å². The zero-order valence-corrected chi connectivity index (χ0v) is 16.7. The van der Waals surface area contributed by atoms with Crippen LogP contribution in [0, 0.1) is 0 Å². The number of hydrogen-bond donors (Lipinski definition) is 1. The van der Waals surface area contributed by atoms with E-state index in [9.17, 15) is 14.7 Å². The van der Waals surface area contributed by atoms with Crippen LogP contribution in [0.3, 0.4) is 0 Å². The van der Waals surface area contributed by atoms with Gasteiger partial charge in [0.2, 0.25) is 0 Å². The summed E-state index contributed by atoms with van der Waals surface area (Å²) >= 11 is 7.38. The summed E-state index contributed by atoms with van der Waals surface area (Å²) in [7, 11) is 0. The fourth-order valence-corrected chi connectivity index (χ4v) is 4.22. The lowest BCUT2D eigenvalue weighted by atomic mass is 10.1. The Morgan fingerprint density at radius 2 is 1.97 bits per heavy atom. The molecule has 4 rings (SSSR count). The molecule has 0 spiro atoms. The molecule has 0 radical (unpaired) electrons. The van der Waals surface area contributed by atoms with Crippen LogP contribution in [0.25, 0.3) is 21.9 Å². The minimum absolute atomic E-state index is 0.0124. The molecule has 0 aliphatic carbocycles. The van der Waals surface area contributed by atoms with Crippen molar-refractivity contribution in [3.05, 3.63) is 86.5 Å². The largest absolute Gasteiger partial charge is 0.508 e. The van der Waals surface area contributed by atoms with Crippen molar-refractivity contribution in [1.82, 2.24) is 9.55 Å². The van der Waals surface area contributed by atoms with E-state index in [0.29, 0.717) is 49.9 Å². The number of thioether (sulfide) groups is 1. The van der Waals surface area contributed by atoms with Crippen LogP contribution in [0.2, 0.25) is 5.02 Å². The number of aromatic nitrogens is 2. The van der Waals surface area contributed by atoms with Crippen molar-refractivity contribution in [1.29, 1.82) is 0 Å². The van der Waals surface area contributed by atoms with E-state index >= 15 is 0 Å². The van der Waals surface area contributed by atoms with Crippen LogP contribution in [0.1, 0.15) is 5.56 Å². The summed E-state index contributed by atoms with van der Waals surface area (Å²) in [4.78, 5) is 29.4. The number of allylic oxidation sites excluding steroid dienone is 1. The highest BCUT2D eigenvalue weighted by Crippen LogP contribution is 2.28. The maximum absolute atomic E-state index is 12.9. The van der Waals surface area contributed by atoms with Crippen molar-refractivity contribution in [3.63, 3.8) is 0 Å². The number of halogens is 1. The van der Waals surface area contributed by atoms with Crippen LogP contribution >= 0.6 is 23.4 Å². The molecular formula is C21H15ClN2O4S. The molecule has 2 heterocycles. The van der Waals surface area contributed by atoms with Crippen molar-refractivity contribution in [2.75, 3.05) is 0 Å². The minimum atomic E-state index is -0.513. The van der Waals surface area contributed by atoms with E-state index in [2.05, 4.69) is 11.6 Å². The molecule has 0 fully saturated rings. The molecule has 0 saturated carbocycles. The van der Waals surface area contributed by atoms with E-state index in [1.807, 2.05) is 0 Å².